The zero-order valence-corrected chi connectivity index (χ0v) is 15.2. The second-order valence-electron chi connectivity index (χ2n) is 6.06. The molecule has 1 aliphatic heterocycles. The maximum absolute atomic E-state index is 12.4. The molecule has 1 aromatic carbocycles. The van der Waals surface area contributed by atoms with Crippen LogP contribution in [0.4, 0.5) is 24.3 Å². The van der Waals surface area contributed by atoms with Gasteiger partial charge in [0.25, 0.3) is 0 Å². The molecule has 0 bridgehead atoms. The Morgan fingerprint density at radius 2 is 1.93 bits per heavy atom. The molecular weight excluding hydrogens is 376 g/mol. The van der Waals surface area contributed by atoms with Gasteiger partial charge in [-0.05, 0) is 42.5 Å². The van der Waals surface area contributed by atoms with Crippen molar-refractivity contribution < 1.29 is 23.1 Å². The first kappa shape index (κ1) is 19.1. The average molecular weight is 395 g/mol. The van der Waals surface area contributed by atoms with E-state index in [1.165, 1.54) is 29.5 Å². The summed E-state index contributed by atoms with van der Waals surface area (Å²) < 4.78 is 28.9. The summed E-state index contributed by atoms with van der Waals surface area (Å²) in [7, 11) is 0. The number of rotatable bonds is 5. The van der Waals surface area contributed by atoms with Crippen molar-refractivity contribution in [2.24, 2.45) is 5.92 Å². The number of carbonyl (C=O) groups is 2. The summed E-state index contributed by atoms with van der Waals surface area (Å²) in [5, 5.41) is 8.22. The molecule has 2 heterocycles. The van der Waals surface area contributed by atoms with Gasteiger partial charge in [0.1, 0.15) is 5.75 Å². The van der Waals surface area contributed by atoms with Gasteiger partial charge < -0.3 is 15.0 Å². The highest BCUT2D eigenvalue weighted by Crippen LogP contribution is 2.23. The van der Waals surface area contributed by atoms with Crippen LogP contribution in [-0.4, -0.2) is 36.5 Å². The van der Waals surface area contributed by atoms with Gasteiger partial charge >= 0.3 is 12.6 Å². The quantitative estimate of drug-likeness (QED) is 0.796. The Bertz CT molecular complexity index is 778. The molecule has 1 aliphatic rings. The summed E-state index contributed by atoms with van der Waals surface area (Å²) in [5.41, 5.74) is 0.399. The maximum Gasteiger partial charge on any atom is 0.387 e. The lowest BCUT2D eigenvalue weighted by Gasteiger charge is -2.31. The minimum Gasteiger partial charge on any atom is -0.435 e. The Labute approximate surface area is 159 Å². The molecule has 0 saturated carbocycles. The number of urea groups is 1. The number of piperidine rings is 1. The third kappa shape index (κ3) is 5.40. The molecule has 0 unspecified atom stereocenters. The van der Waals surface area contributed by atoms with Crippen LogP contribution in [0, 0.1) is 5.92 Å². The van der Waals surface area contributed by atoms with Gasteiger partial charge in [0.2, 0.25) is 5.91 Å². The lowest BCUT2D eigenvalue weighted by molar-refractivity contribution is -0.121. The molecule has 6 nitrogen and oxygen atoms in total. The number of amides is 3. The van der Waals surface area contributed by atoms with Crippen molar-refractivity contribution in [3.63, 3.8) is 0 Å². The predicted molar refractivity (Wildman–Crippen MR) is 99.3 cm³/mol. The number of hydrogen-bond donors (Lipinski definition) is 2. The van der Waals surface area contributed by atoms with Gasteiger partial charge in [-0.3, -0.25) is 10.1 Å². The SMILES string of the molecule is O=C(Nc1cccc(OC(F)F)c1)C1CCN(C(=O)Nc2cccs2)CC1. The first-order valence-corrected chi connectivity index (χ1v) is 9.34. The maximum atomic E-state index is 12.4. The highest BCUT2D eigenvalue weighted by molar-refractivity contribution is 7.14. The van der Waals surface area contributed by atoms with Gasteiger partial charge in [0, 0.05) is 30.8 Å². The highest BCUT2D eigenvalue weighted by atomic mass is 32.1. The molecule has 1 aromatic heterocycles. The molecular formula is C18H19F2N3O3S. The van der Waals surface area contributed by atoms with Gasteiger partial charge in [0.05, 0.1) is 5.00 Å². The molecule has 0 radical (unpaired) electrons. The van der Waals surface area contributed by atoms with Crippen molar-refractivity contribution in [2.45, 2.75) is 19.5 Å². The van der Waals surface area contributed by atoms with Gasteiger partial charge in [0.15, 0.2) is 0 Å². The number of benzene rings is 1. The van der Waals surface area contributed by atoms with Crippen LogP contribution in [0.2, 0.25) is 0 Å². The fraction of sp³-hybridized carbons (Fsp3) is 0.333. The molecule has 3 amide bonds. The number of likely N-dealkylation sites (tertiary alicyclic amines) is 1. The van der Waals surface area contributed by atoms with Crippen molar-refractivity contribution in [1.29, 1.82) is 0 Å². The summed E-state index contributed by atoms with van der Waals surface area (Å²) in [6.45, 7) is -1.96. The Morgan fingerprint density at radius 1 is 1.15 bits per heavy atom. The highest BCUT2D eigenvalue weighted by Gasteiger charge is 2.27. The molecule has 1 saturated heterocycles. The van der Waals surface area contributed by atoms with Crippen LogP contribution in [0.5, 0.6) is 5.75 Å². The van der Waals surface area contributed by atoms with Crippen LogP contribution in [-0.2, 0) is 4.79 Å². The number of hydrogen-bond acceptors (Lipinski definition) is 4. The average Bonchev–Trinajstić information content (AvgIpc) is 3.14. The molecule has 0 aliphatic carbocycles. The number of ether oxygens (including phenoxy) is 1. The minimum absolute atomic E-state index is 0.0112. The van der Waals surface area contributed by atoms with E-state index in [1.807, 2.05) is 17.5 Å². The lowest BCUT2D eigenvalue weighted by Crippen LogP contribution is -2.43. The van der Waals surface area contributed by atoms with Gasteiger partial charge in [-0.2, -0.15) is 8.78 Å². The van der Waals surface area contributed by atoms with E-state index in [9.17, 15) is 18.4 Å². The number of alkyl halides is 2. The van der Waals surface area contributed by atoms with E-state index >= 15 is 0 Å². The summed E-state index contributed by atoms with van der Waals surface area (Å²) >= 11 is 1.45. The van der Waals surface area contributed by atoms with Crippen LogP contribution in [0.15, 0.2) is 41.8 Å². The van der Waals surface area contributed by atoms with Crippen LogP contribution >= 0.6 is 11.3 Å². The van der Waals surface area contributed by atoms with Crippen LogP contribution in [0.25, 0.3) is 0 Å². The number of thiophene rings is 1. The third-order valence-corrected chi connectivity index (χ3v) is 5.02. The molecule has 27 heavy (non-hydrogen) atoms. The number of carbonyl (C=O) groups excluding carboxylic acids is 2. The van der Waals surface area contributed by atoms with E-state index in [-0.39, 0.29) is 23.6 Å². The first-order valence-electron chi connectivity index (χ1n) is 8.46. The fourth-order valence-corrected chi connectivity index (χ4v) is 3.48. The zero-order valence-electron chi connectivity index (χ0n) is 14.4. The van der Waals surface area contributed by atoms with Crippen molar-refractivity contribution in [3.8, 4) is 5.75 Å². The smallest absolute Gasteiger partial charge is 0.387 e. The van der Waals surface area contributed by atoms with Crippen molar-refractivity contribution in [3.05, 3.63) is 41.8 Å². The standard InChI is InChI=1S/C18H19F2N3O3S/c19-17(20)26-14-4-1-3-13(11-14)21-16(24)12-6-8-23(9-7-12)18(25)22-15-5-2-10-27-15/h1-5,10-12,17H,6-9H2,(H,21,24)(H,22,25). The van der Waals surface area contributed by atoms with Gasteiger partial charge in [-0.25, -0.2) is 4.79 Å². The summed E-state index contributed by atoms with van der Waals surface area (Å²) in [5.74, 6) is -0.444. The van der Waals surface area contributed by atoms with Gasteiger partial charge in [-0.15, -0.1) is 11.3 Å². The number of nitrogens with zero attached hydrogens (tertiary/aromatic N) is 1. The molecule has 0 atom stereocenters. The molecule has 2 N–H and O–H groups in total. The summed E-state index contributed by atoms with van der Waals surface area (Å²) in [6, 6.07) is 9.41. The van der Waals surface area contributed by atoms with Crippen LogP contribution in [0.1, 0.15) is 12.8 Å². The Kier molecular flexibility index (Phi) is 6.23. The monoisotopic (exact) mass is 395 g/mol. The summed E-state index contributed by atoms with van der Waals surface area (Å²) in [6.07, 6.45) is 1.08. The number of anilines is 2. The van der Waals surface area contributed by atoms with Crippen molar-refractivity contribution in [2.75, 3.05) is 23.7 Å². The summed E-state index contributed by atoms with van der Waals surface area (Å²) in [4.78, 5) is 26.3. The topological polar surface area (TPSA) is 70.7 Å². The van der Waals surface area contributed by atoms with E-state index in [2.05, 4.69) is 15.4 Å². The zero-order chi connectivity index (χ0) is 19.2. The Balaban J connectivity index is 1.49. The van der Waals surface area contributed by atoms with E-state index in [1.54, 1.807) is 11.0 Å². The predicted octanol–water partition coefficient (Wildman–Crippen LogP) is 4.23. The molecule has 9 heteroatoms. The molecule has 2 aromatic rings. The van der Waals surface area contributed by atoms with E-state index in [0.29, 0.717) is 31.6 Å². The third-order valence-electron chi connectivity index (χ3n) is 4.23. The van der Waals surface area contributed by atoms with Crippen LogP contribution < -0.4 is 15.4 Å². The number of halogens is 2. The lowest BCUT2D eigenvalue weighted by atomic mass is 9.96. The normalized spacial score (nSPS) is 14.9. The molecule has 0 spiro atoms. The Morgan fingerprint density at radius 3 is 2.59 bits per heavy atom. The largest absolute Gasteiger partial charge is 0.435 e. The molecule has 1 fully saturated rings. The molecule has 144 valence electrons. The molecule has 3 rings (SSSR count). The minimum atomic E-state index is -2.92. The van der Waals surface area contributed by atoms with E-state index in [4.69, 9.17) is 0 Å². The van der Waals surface area contributed by atoms with Crippen LogP contribution in [0.3, 0.4) is 0 Å². The van der Waals surface area contributed by atoms with Gasteiger partial charge in [-0.1, -0.05) is 6.07 Å². The van der Waals surface area contributed by atoms with E-state index in [0.717, 1.165) is 5.00 Å². The Hall–Kier alpha value is -2.68. The number of nitrogens with one attached hydrogen (secondary N) is 2. The second-order valence-corrected chi connectivity index (χ2v) is 7.01. The fourth-order valence-electron chi connectivity index (χ4n) is 2.87. The first-order chi connectivity index (χ1) is 13.0. The van der Waals surface area contributed by atoms with E-state index < -0.39 is 6.61 Å². The second kappa shape index (κ2) is 8.81. The van der Waals surface area contributed by atoms with Crippen molar-refractivity contribution >= 4 is 34.0 Å². The van der Waals surface area contributed by atoms with Crippen molar-refractivity contribution in [1.82, 2.24) is 4.90 Å².